The molecule has 2 aromatic carbocycles. The lowest BCUT2D eigenvalue weighted by Gasteiger charge is -2.32. The van der Waals surface area contributed by atoms with E-state index in [-0.39, 0.29) is 52.0 Å². The number of nitriles is 1. The largest absolute Gasteiger partial charge is 0.508 e. The molecule has 3 fully saturated rings. The predicted octanol–water partition coefficient (Wildman–Crippen LogP) is 5.51. The third-order valence-corrected chi connectivity index (χ3v) is 9.23. The zero-order chi connectivity index (χ0) is 30.6. The molecule has 0 aliphatic carbocycles. The SMILES string of the molecule is C#Cc1c(F)ccc2cc(O)cc(-c3ncc4c(N5CCCC(C#N)C5)nc(OCC56CCCN5CC(F)C6)nc4c3F)c12. The summed E-state index contributed by atoms with van der Waals surface area (Å²) in [6, 6.07) is 7.62. The van der Waals surface area contributed by atoms with Crippen molar-refractivity contribution in [2.75, 3.05) is 37.7 Å². The highest BCUT2D eigenvalue weighted by molar-refractivity contribution is 6.03. The first kappa shape index (κ1) is 28.2. The number of piperidine rings is 1. The van der Waals surface area contributed by atoms with E-state index in [9.17, 15) is 19.1 Å². The van der Waals surface area contributed by atoms with Crippen molar-refractivity contribution in [3.63, 3.8) is 0 Å². The Morgan fingerprint density at radius 2 is 2.02 bits per heavy atom. The zero-order valence-corrected chi connectivity index (χ0v) is 23.9. The van der Waals surface area contributed by atoms with Gasteiger partial charge < -0.3 is 14.7 Å². The van der Waals surface area contributed by atoms with E-state index in [1.165, 1.54) is 30.5 Å². The lowest BCUT2D eigenvalue weighted by atomic mass is 9.95. The molecule has 3 aliphatic rings. The summed E-state index contributed by atoms with van der Waals surface area (Å²) in [5.41, 5.74) is -0.698. The number of aromatic nitrogens is 3. The van der Waals surface area contributed by atoms with Gasteiger partial charge in [0.2, 0.25) is 0 Å². The molecule has 8 nitrogen and oxygen atoms in total. The summed E-state index contributed by atoms with van der Waals surface area (Å²) >= 11 is 0. The van der Waals surface area contributed by atoms with E-state index >= 15 is 4.39 Å². The van der Waals surface area contributed by atoms with E-state index < -0.39 is 23.3 Å². The number of phenolic OH excluding ortho intramolecular Hbond substituents is 1. The number of ether oxygens (including phenoxy) is 1. The van der Waals surface area contributed by atoms with Crippen LogP contribution in [0.2, 0.25) is 0 Å². The van der Waals surface area contributed by atoms with Crippen LogP contribution in [0.25, 0.3) is 32.9 Å². The second-order valence-corrected chi connectivity index (χ2v) is 11.9. The predicted molar refractivity (Wildman–Crippen MR) is 159 cm³/mol. The second-order valence-electron chi connectivity index (χ2n) is 11.9. The number of anilines is 1. The summed E-state index contributed by atoms with van der Waals surface area (Å²) < 4.78 is 52.0. The number of pyridine rings is 1. The molecule has 0 radical (unpaired) electrons. The van der Waals surface area contributed by atoms with Gasteiger partial charge in [0.05, 0.1) is 28.5 Å². The van der Waals surface area contributed by atoms with Gasteiger partial charge in [-0.2, -0.15) is 15.2 Å². The fourth-order valence-electron chi connectivity index (χ4n) is 7.19. The van der Waals surface area contributed by atoms with Gasteiger partial charge in [-0.3, -0.25) is 9.88 Å². The highest BCUT2D eigenvalue weighted by atomic mass is 19.1. The van der Waals surface area contributed by atoms with Crippen molar-refractivity contribution >= 4 is 27.5 Å². The standard InChI is InChI=1S/C33H29F3N6O2/c1-2-23-26(35)7-6-20-11-22(43)12-24(27(20)23)29-28(36)30-25(15-38-29)31(41-9-3-5-19(14-37)16-41)40-32(39-30)44-18-33-8-4-10-42(33)17-21(34)13-33/h1,6-7,11-12,15,19,21,43H,3-5,8-10,13,16-18H2. The van der Waals surface area contributed by atoms with Crippen LogP contribution in [-0.4, -0.2) is 69.5 Å². The third kappa shape index (κ3) is 4.63. The number of nitrogens with zero attached hydrogens (tertiary/aromatic N) is 6. The molecule has 5 heterocycles. The van der Waals surface area contributed by atoms with Gasteiger partial charge in [-0.1, -0.05) is 12.0 Å². The van der Waals surface area contributed by atoms with Gasteiger partial charge in [0.25, 0.3) is 0 Å². The van der Waals surface area contributed by atoms with Crippen LogP contribution in [0.15, 0.2) is 30.5 Å². The number of hydrogen-bond acceptors (Lipinski definition) is 8. The second kappa shape index (κ2) is 10.8. The Labute approximate surface area is 252 Å². The lowest BCUT2D eigenvalue weighted by molar-refractivity contribution is 0.107. The molecule has 3 saturated heterocycles. The zero-order valence-electron chi connectivity index (χ0n) is 23.9. The van der Waals surface area contributed by atoms with Crippen LogP contribution in [0.5, 0.6) is 11.8 Å². The van der Waals surface area contributed by atoms with E-state index in [4.69, 9.17) is 11.2 Å². The molecule has 0 amide bonds. The molecule has 3 unspecified atom stereocenters. The quantitative estimate of drug-likeness (QED) is 0.301. The van der Waals surface area contributed by atoms with Gasteiger partial charge in [-0.25, -0.2) is 13.2 Å². The molecule has 11 heteroatoms. The van der Waals surface area contributed by atoms with Crippen molar-refractivity contribution < 1.29 is 23.0 Å². The maximum Gasteiger partial charge on any atom is 0.319 e. The molecule has 1 N–H and O–H groups in total. The van der Waals surface area contributed by atoms with Crippen LogP contribution in [0, 0.1) is 41.2 Å². The third-order valence-electron chi connectivity index (χ3n) is 9.23. The minimum absolute atomic E-state index is 0.0673. The number of phenols is 1. The molecule has 0 spiro atoms. The molecule has 3 aliphatic heterocycles. The number of rotatable bonds is 5. The van der Waals surface area contributed by atoms with Gasteiger partial charge in [-0.05, 0) is 55.8 Å². The molecule has 2 aromatic heterocycles. The first-order valence-corrected chi connectivity index (χ1v) is 14.7. The Morgan fingerprint density at radius 3 is 2.84 bits per heavy atom. The van der Waals surface area contributed by atoms with Crippen LogP contribution in [-0.2, 0) is 0 Å². The van der Waals surface area contributed by atoms with Gasteiger partial charge in [0.15, 0.2) is 5.82 Å². The maximum absolute atomic E-state index is 16.7. The number of fused-ring (bicyclic) bond motifs is 3. The molecule has 0 saturated carbocycles. The minimum atomic E-state index is -0.941. The molecule has 4 aromatic rings. The van der Waals surface area contributed by atoms with Gasteiger partial charge >= 0.3 is 6.01 Å². The summed E-state index contributed by atoms with van der Waals surface area (Å²) in [5, 5.41) is 21.1. The number of halogens is 3. The lowest BCUT2D eigenvalue weighted by Crippen LogP contribution is -2.43. The topological polar surface area (TPSA) is 98.4 Å². The van der Waals surface area contributed by atoms with Crippen LogP contribution in [0.3, 0.4) is 0 Å². The summed E-state index contributed by atoms with van der Waals surface area (Å²) in [5.74, 6) is 0.847. The number of terminal acetylenes is 1. The number of benzene rings is 2. The average molecular weight is 599 g/mol. The Bertz CT molecular complexity index is 1890. The first-order valence-electron chi connectivity index (χ1n) is 14.7. The average Bonchev–Trinajstić information content (AvgIpc) is 3.55. The summed E-state index contributed by atoms with van der Waals surface area (Å²) in [6.07, 6.45) is 9.71. The maximum atomic E-state index is 16.7. The van der Waals surface area contributed by atoms with E-state index in [1.54, 1.807) is 0 Å². The Hall–Kier alpha value is -4.61. The number of hydrogen-bond donors (Lipinski definition) is 1. The van der Waals surface area contributed by atoms with E-state index in [2.05, 4.69) is 31.8 Å². The molecule has 224 valence electrons. The Balaban J connectivity index is 1.38. The first-order chi connectivity index (χ1) is 21.3. The van der Waals surface area contributed by atoms with Crippen molar-refractivity contribution in [2.24, 2.45) is 5.92 Å². The van der Waals surface area contributed by atoms with Crippen molar-refractivity contribution in [1.29, 1.82) is 5.26 Å². The monoisotopic (exact) mass is 598 g/mol. The van der Waals surface area contributed by atoms with Crippen LogP contribution in [0.1, 0.15) is 37.7 Å². The Kier molecular flexibility index (Phi) is 6.94. The molecule has 44 heavy (non-hydrogen) atoms. The van der Waals surface area contributed by atoms with E-state index in [0.29, 0.717) is 42.6 Å². The number of aromatic hydroxyl groups is 1. The van der Waals surface area contributed by atoms with Crippen molar-refractivity contribution in [3.8, 4) is 41.4 Å². The van der Waals surface area contributed by atoms with E-state index in [1.807, 2.05) is 4.90 Å². The van der Waals surface area contributed by atoms with Gasteiger partial charge in [-0.15, -0.1) is 6.42 Å². The smallest absolute Gasteiger partial charge is 0.319 e. The van der Waals surface area contributed by atoms with Crippen molar-refractivity contribution in [2.45, 2.75) is 43.8 Å². The fourth-order valence-corrected chi connectivity index (χ4v) is 7.19. The van der Waals surface area contributed by atoms with Crippen molar-refractivity contribution in [3.05, 3.63) is 47.7 Å². The Morgan fingerprint density at radius 1 is 1.16 bits per heavy atom. The van der Waals surface area contributed by atoms with Gasteiger partial charge in [0, 0.05) is 43.2 Å². The normalized spacial score (nSPS) is 23.5. The minimum Gasteiger partial charge on any atom is -0.508 e. The highest BCUT2D eigenvalue weighted by Gasteiger charge is 2.49. The van der Waals surface area contributed by atoms with Crippen LogP contribution >= 0.6 is 0 Å². The molecule has 3 atom stereocenters. The molecular weight excluding hydrogens is 569 g/mol. The van der Waals surface area contributed by atoms with Crippen LogP contribution < -0.4 is 9.64 Å². The molecule has 7 rings (SSSR count). The van der Waals surface area contributed by atoms with E-state index in [0.717, 1.165) is 32.2 Å². The molecular formula is C33H29F3N6O2. The highest BCUT2D eigenvalue weighted by Crippen LogP contribution is 2.42. The fraction of sp³-hybridized carbons (Fsp3) is 0.394. The summed E-state index contributed by atoms with van der Waals surface area (Å²) in [6.45, 7) is 2.29. The summed E-state index contributed by atoms with van der Waals surface area (Å²) in [4.78, 5) is 17.6. The van der Waals surface area contributed by atoms with Crippen LogP contribution in [0.4, 0.5) is 19.0 Å². The van der Waals surface area contributed by atoms with Crippen molar-refractivity contribution in [1.82, 2.24) is 19.9 Å². The summed E-state index contributed by atoms with van der Waals surface area (Å²) in [7, 11) is 0. The number of alkyl halides is 1. The van der Waals surface area contributed by atoms with Gasteiger partial charge in [0.1, 0.15) is 41.4 Å². The molecule has 0 bridgehead atoms.